The van der Waals surface area contributed by atoms with Crippen LogP contribution in [-0.4, -0.2) is 45.2 Å². The maximum atomic E-state index is 10.9. The molecule has 0 spiro atoms. The normalized spacial score (nSPS) is 20.1. The number of hydrogen-bond acceptors (Lipinski definition) is 4. The molecule has 1 saturated carbocycles. The minimum absolute atomic E-state index is 0.0606. The Morgan fingerprint density at radius 1 is 1.31 bits per heavy atom. The Balaban J connectivity index is 2.15. The Morgan fingerprint density at radius 2 is 1.94 bits per heavy atom. The van der Waals surface area contributed by atoms with E-state index in [0.29, 0.717) is 6.42 Å². The molecule has 96 valence electrons. The first kappa shape index (κ1) is 13.9. The van der Waals surface area contributed by atoms with Crippen LogP contribution in [0.15, 0.2) is 0 Å². The third kappa shape index (κ3) is 4.80. The van der Waals surface area contributed by atoms with Crippen LogP contribution in [0.5, 0.6) is 0 Å². The molecule has 0 amide bonds. The molecule has 0 aromatic rings. The van der Waals surface area contributed by atoms with E-state index in [-0.39, 0.29) is 17.8 Å². The highest BCUT2D eigenvalue weighted by Gasteiger charge is 2.32. The molecular weight excluding hydrogens is 226 g/mol. The van der Waals surface area contributed by atoms with Gasteiger partial charge < -0.3 is 10.4 Å². The van der Waals surface area contributed by atoms with Crippen molar-refractivity contribution in [3.05, 3.63) is 0 Å². The average Bonchev–Trinajstić information content (AvgIpc) is 2.65. The van der Waals surface area contributed by atoms with E-state index in [1.165, 1.54) is 19.1 Å². The summed E-state index contributed by atoms with van der Waals surface area (Å²) in [6.07, 6.45) is 6.49. The Bertz CT molecular complexity index is 294. The standard InChI is InChI=1S/C11H23NO3S/c1-16(14,15)8-4-7-12-9-11(10-13)5-2-3-6-11/h12-13H,2-10H2,1H3. The van der Waals surface area contributed by atoms with Gasteiger partial charge in [-0.15, -0.1) is 0 Å². The SMILES string of the molecule is CS(=O)(=O)CCCNCC1(CO)CCCC1. The molecule has 0 unspecified atom stereocenters. The molecular formula is C11H23NO3S. The summed E-state index contributed by atoms with van der Waals surface area (Å²) in [6.45, 7) is 1.77. The zero-order chi connectivity index (χ0) is 12.1. The zero-order valence-electron chi connectivity index (χ0n) is 10.0. The van der Waals surface area contributed by atoms with E-state index in [9.17, 15) is 13.5 Å². The van der Waals surface area contributed by atoms with Crippen molar-refractivity contribution >= 4 is 9.84 Å². The first-order chi connectivity index (χ1) is 7.47. The predicted octanol–water partition coefficient (Wildman–Crippen LogP) is 0.563. The third-order valence-electron chi connectivity index (χ3n) is 3.37. The Kier molecular flexibility index (Phi) is 5.21. The monoisotopic (exact) mass is 249 g/mol. The van der Waals surface area contributed by atoms with Crippen LogP contribution in [0.3, 0.4) is 0 Å². The van der Waals surface area contributed by atoms with Crippen molar-refractivity contribution in [2.75, 3.05) is 31.7 Å². The summed E-state index contributed by atoms with van der Waals surface area (Å²) in [4.78, 5) is 0. The summed E-state index contributed by atoms with van der Waals surface area (Å²) >= 11 is 0. The topological polar surface area (TPSA) is 66.4 Å². The summed E-state index contributed by atoms with van der Waals surface area (Å²) < 4.78 is 21.8. The van der Waals surface area contributed by atoms with Crippen molar-refractivity contribution in [2.24, 2.45) is 5.41 Å². The molecule has 16 heavy (non-hydrogen) atoms. The number of aliphatic hydroxyl groups excluding tert-OH is 1. The lowest BCUT2D eigenvalue weighted by atomic mass is 9.87. The number of nitrogens with one attached hydrogen (secondary N) is 1. The first-order valence-corrected chi connectivity index (χ1v) is 8.03. The number of rotatable bonds is 7. The van der Waals surface area contributed by atoms with Crippen molar-refractivity contribution in [1.82, 2.24) is 5.32 Å². The Hall–Kier alpha value is -0.130. The Morgan fingerprint density at radius 3 is 2.44 bits per heavy atom. The van der Waals surface area contributed by atoms with Gasteiger partial charge in [0.15, 0.2) is 0 Å². The molecule has 0 saturated heterocycles. The lowest BCUT2D eigenvalue weighted by Gasteiger charge is -2.26. The molecule has 0 radical (unpaired) electrons. The van der Waals surface area contributed by atoms with Gasteiger partial charge in [-0.25, -0.2) is 8.42 Å². The Labute approximate surface area is 98.4 Å². The van der Waals surface area contributed by atoms with E-state index in [1.807, 2.05) is 0 Å². The van der Waals surface area contributed by atoms with E-state index in [1.54, 1.807) is 0 Å². The largest absolute Gasteiger partial charge is 0.396 e. The highest BCUT2D eigenvalue weighted by Crippen LogP contribution is 2.36. The molecule has 1 aliphatic rings. The van der Waals surface area contributed by atoms with E-state index >= 15 is 0 Å². The number of hydrogen-bond donors (Lipinski definition) is 2. The molecule has 4 nitrogen and oxygen atoms in total. The molecule has 2 N–H and O–H groups in total. The second-order valence-electron chi connectivity index (χ2n) is 5.03. The predicted molar refractivity (Wildman–Crippen MR) is 65.2 cm³/mol. The van der Waals surface area contributed by atoms with Gasteiger partial charge in [-0.05, 0) is 25.8 Å². The highest BCUT2D eigenvalue weighted by molar-refractivity contribution is 7.90. The second kappa shape index (κ2) is 5.98. The quantitative estimate of drug-likeness (QED) is 0.647. The average molecular weight is 249 g/mol. The van der Waals surface area contributed by atoms with Gasteiger partial charge in [-0.2, -0.15) is 0 Å². The fraction of sp³-hybridized carbons (Fsp3) is 1.00. The van der Waals surface area contributed by atoms with Gasteiger partial charge in [-0.1, -0.05) is 12.8 Å². The summed E-state index contributed by atoms with van der Waals surface area (Å²) in [5, 5.41) is 12.6. The third-order valence-corrected chi connectivity index (χ3v) is 4.40. The van der Waals surface area contributed by atoms with Gasteiger partial charge in [0.05, 0.1) is 5.75 Å². The van der Waals surface area contributed by atoms with E-state index in [4.69, 9.17) is 0 Å². The van der Waals surface area contributed by atoms with Crippen LogP contribution in [0.25, 0.3) is 0 Å². The van der Waals surface area contributed by atoms with Gasteiger partial charge in [-0.3, -0.25) is 0 Å². The highest BCUT2D eigenvalue weighted by atomic mass is 32.2. The minimum atomic E-state index is -2.83. The molecule has 1 fully saturated rings. The molecule has 1 aliphatic carbocycles. The van der Waals surface area contributed by atoms with Crippen LogP contribution in [-0.2, 0) is 9.84 Å². The molecule has 0 aromatic carbocycles. The summed E-state index contributed by atoms with van der Waals surface area (Å²) in [5.74, 6) is 0.242. The summed E-state index contributed by atoms with van der Waals surface area (Å²) in [6, 6.07) is 0. The van der Waals surface area contributed by atoms with Crippen molar-refractivity contribution in [3.63, 3.8) is 0 Å². The van der Waals surface area contributed by atoms with E-state index in [2.05, 4.69) is 5.32 Å². The van der Waals surface area contributed by atoms with Crippen LogP contribution >= 0.6 is 0 Å². The minimum Gasteiger partial charge on any atom is -0.396 e. The summed E-state index contributed by atoms with van der Waals surface area (Å²) in [5.41, 5.74) is 0.0606. The van der Waals surface area contributed by atoms with Crippen molar-refractivity contribution < 1.29 is 13.5 Å². The fourth-order valence-electron chi connectivity index (χ4n) is 2.33. The van der Waals surface area contributed by atoms with E-state index < -0.39 is 9.84 Å². The summed E-state index contributed by atoms with van der Waals surface area (Å²) in [7, 11) is -2.83. The molecule has 0 atom stereocenters. The first-order valence-electron chi connectivity index (χ1n) is 5.97. The van der Waals surface area contributed by atoms with Crippen molar-refractivity contribution in [3.8, 4) is 0 Å². The molecule has 0 heterocycles. The maximum absolute atomic E-state index is 10.9. The second-order valence-corrected chi connectivity index (χ2v) is 7.29. The van der Waals surface area contributed by atoms with Gasteiger partial charge >= 0.3 is 0 Å². The van der Waals surface area contributed by atoms with Crippen LogP contribution < -0.4 is 5.32 Å². The van der Waals surface area contributed by atoms with Crippen LogP contribution in [0.1, 0.15) is 32.1 Å². The van der Waals surface area contributed by atoms with Gasteiger partial charge in [0.1, 0.15) is 9.84 Å². The number of aliphatic hydroxyl groups is 1. The molecule has 1 rings (SSSR count). The molecule has 0 aromatic heterocycles. The van der Waals surface area contributed by atoms with Crippen LogP contribution in [0, 0.1) is 5.41 Å². The molecule has 0 aliphatic heterocycles. The van der Waals surface area contributed by atoms with Crippen LogP contribution in [0.2, 0.25) is 0 Å². The smallest absolute Gasteiger partial charge is 0.147 e. The lowest BCUT2D eigenvalue weighted by molar-refractivity contribution is 0.128. The molecule has 0 bridgehead atoms. The van der Waals surface area contributed by atoms with E-state index in [0.717, 1.165) is 25.9 Å². The zero-order valence-corrected chi connectivity index (χ0v) is 10.9. The van der Waals surface area contributed by atoms with Crippen molar-refractivity contribution in [2.45, 2.75) is 32.1 Å². The fourth-order valence-corrected chi connectivity index (χ4v) is 3.00. The van der Waals surface area contributed by atoms with Crippen LogP contribution in [0.4, 0.5) is 0 Å². The number of sulfone groups is 1. The lowest BCUT2D eigenvalue weighted by Crippen LogP contribution is -2.35. The van der Waals surface area contributed by atoms with Gasteiger partial charge in [0.2, 0.25) is 0 Å². The van der Waals surface area contributed by atoms with Crippen molar-refractivity contribution in [1.29, 1.82) is 0 Å². The van der Waals surface area contributed by atoms with Gasteiger partial charge in [0.25, 0.3) is 0 Å². The maximum Gasteiger partial charge on any atom is 0.147 e. The molecule has 5 heteroatoms. The van der Waals surface area contributed by atoms with Gasteiger partial charge in [0, 0.05) is 24.8 Å².